The molecule has 0 aromatic heterocycles. The number of hydrogen-bond acceptors (Lipinski definition) is 1. The summed E-state index contributed by atoms with van der Waals surface area (Å²) in [5.41, 5.74) is 9.25. The van der Waals surface area contributed by atoms with Crippen LogP contribution < -0.4 is 5.73 Å². The molecule has 2 aromatic carbocycles. The van der Waals surface area contributed by atoms with Crippen molar-refractivity contribution in [1.82, 2.24) is 0 Å². The van der Waals surface area contributed by atoms with Crippen LogP contribution in [0, 0.1) is 12.7 Å². The van der Waals surface area contributed by atoms with Crippen LogP contribution in [0.15, 0.2) is 42.5 Å². The number of halogens is 2. The van der Waals surface area contributed by atoms with Gasteiger partial charge in [-0.3, -0.25) is 0 Å². The summed E-state index contributed by atoms with van der Waals surface area (Å²) >= 11 is 6.00. The van der Waals surface area contributed by atoms with Gasteiger partial charge in [0.25, 0.3) is 0 Å². The lowest BCUT2D eigenvalue weighted by Gasteiger charge is -2.14. The summed E-state index contributed by atoms with van der Waals surface area (Å²) in [6.45, 7) is 2.04. The summed E-state index contributed by atoms with van der Waals surface area (Å²) in [6.07, 6.45) is 0.686. The van der Waals surface area contributed by atoms with Crippen molar-refractivity contribution in [3.05, 3.63) is 70.0 Å². The standard InChI is InChI=1S/C15H15ClFN/c1-10-2-4-11(5-3-10)8-15(18)13-7-6-12(17)9-14(13)16/h2-7,9,15H,8,18H2,1H3. The zero-order chi connectivity index (χ0) is 13.1. The van der Waals surface area contributed by atoms with Crippen molar-refractivity contribution in [1.29, 1.82) is 0 Å². The summed E-state index contributed by atoms with van der Waals surface area (Å²) in [5, 5.41) is 0.384. The number of benzene rings is 2. The Hall–Kier alpha value is -1.38. The third-order valence-corrected chi connectivity index (χ3v) is 3.27. The van der Waals surface area contributed by atoms with Crippen LogP contribution in [-0.2, 0) is 6.42 Å². The molecular weight excluding hydrogens is 249 g/mol. The van der Waals surface area contributed by atoms with E-state index < -0.39 is 0 Å². The first-order valence-electron chi connectivity index (χ1n) is 5.82. The van der Waals surface area contributed by atoms with E-state index in [1.165, 1.54) is 17.7 Å². The third-order valence-electron chi connectivity index (χ3n) is 2.94. The molecule has 0 saturated carbocycles. The molecule has 0 bridgehead atoms. The lowest BCUT2D eigenvalue weighted by Crippen LogP contribution is -2.14. The number of aryl methyl sites for hydroxylation is 1. The largest absolute Gasteiger partial charge is 0.324 e. The van der Waals surface area contributed by atoms with Crippen molar-refractivity contribution in [2.24, 2.45) is 5.73 Å². The van der Waals surface area contributed by atoms with Gasteiger partial charge in [-0.1, -0.05) is 47.5 Å². The normalized spacial score (nSPS) is 12.4. The van der Waals surface area contributed by atoms with E-state index in [9.17, 15) is 4.39 Å². The van der Waals surface area contributed by atoms with Gasteiger partial charge in [0, 0.05) is 11.1 Å². The molecule has 0 fully saturated rings. The molecule has 18 heavy (non-hydrogen) atoms. The number of hydrogen-bond donors (Lipinski definition) is 1. The van der Waals surface area contributed by atoms with E-state index in [0.29, 0.717) is 11.4 Å². The minimum atomic E-state index is -0.341. The highest BCUT2D eigenvalue weighted by molar-refractivity contribution is 6.31. The molecule has 0 saturated heterocycles. The maximum absolute atomic E-state index is 13.0. The zero-order valence-corrected chi connectivity index (χ0v) is 10.9. The van der Waals surface area contributed by atoms with Gasteiger partial charge in [-0.05, 0) is 36.6 Å². The van der Waals surface area contributed by atoms with Gasteiger partial charge in [0.05, 0.1) is 0 Å². The molecule has 0 spiro atoms. The van der Waals surface area contributed by atoms with E-state index >= 15 is 0 Å². The molecule has 2 N–H and O–H groups in total. The lowest BCUT2D eigenvalue weighted by molar-refractivity contribution is 0.624. The Balaban J connectivity index is 2.16. The first kappa shape index (κ1) is 13.1. The Morgan fingerprint density at radius 1 is 1.17 bits per heavy atom. The first-order chi connectivity index (χ1) is 8.56. The van der Waals surface area contributed by atoms with E-state index in [1.54, 1.807) is 6.07 Å². The fraction of sp³-hybridized carbons (Fsp3) is 0.200. The first-order valence-corrected chi connectivity index (χ1v) is 6.20. The van der Waals surface area contributed by atoms with Gasteiger partial charge in [-0.25, -0.2) is 4.39 Å². The van der Waals surface area contributed by atoms with Gasteiger partial charge >= 0.3 is 0 Å². The quantitative estimate of drug-likeness (QED) is 0.889. The van der Waals surface area contributed by atoms with Gasteiger partial charge in [0.15, 0.2) is 0 Å². The Kier molecular flexibility index (Phi) is 4.00. The molecule has 1 nitrogen and oxygen atoms in total. The Bertz CT molecular complexity index is 537. The maximum atomic E-state index is 13.0. The summed E-state index contributed by atoms with van der Waals surface area (Å²) in [6, 6.07) is 12.3. The third kappa shape index (κ3) is 3.09. The van der Waals surface area contributed by atoms with E-state index in [1.807, 2.05) is 31.2 Å². The minimum Gasteiger partial charge on any atom is -0.324 e. The molecule has 94 valence electrons. The van der Waals surface area contributed by atoms with Gasteiger partial charge in [-0.15, -0.1) is 0 Å². The monoisotopic (exact) mass is 263 g/mol. The van der Waals surface area contributed by atoms with Crippen molar-refractivity contribution in [3.63, 3.8) is 0 Å². The van der Waals surface area contributed by atoms with Crippen LogP contribution in [0.4, 0.5) is 4.39 Å². The molecule has 0 aliphatic carbocycles. The molecule has 0 aliphatic rings. The van der Waals surface area contributed by atoms with Crippen molar-refractivity contribution in [2.45, 2.75) is 19.4 Å². The van der Waals surface area contributed by atoms with Crippen LogP contribution in [0.25, 0.3) is 0 Å². The summed E-state index contributed by atoms with van der Waals surface area (Å²) in [5.74, 6) is -0.341. The minimum absolute atomic E-state index is 0.221. The van der Waals surface area contributed by atoms with Crippen molar-refractivity contribution >= 4 is 11.6 Å². The molecule has 0 aliphatic heterocycles. The van der Waals surface area contributed by atoms with Gasteiger partial charge in [-0.2, -0.15) is 0 Å². The van der Waals surface area contributed by atoms with Crippen LogP contribution >= 0.6 is 11.6 Å². The molecule has 0 radical (unpaired) electrons. The number of nitrogens with two attached hydrogens (primary N) is 1. The molecule has 2 aromatic rings. The average molecular weight is 264 g/mol. The van der Waals surface area contributed by atoms with E-state index in [2.05, 4.69) is 0 Å². The van der Waals surface area contributed by atoms with Crippen LogP contribution in [0.2, 0.25) is 5.02 Å². The second kappa shape index (κ2) is 5.51. The van der Waals surface area contributed by atoms with Crippen molar-refractivity contribution < 1.29 is 4.39 Å². The highest BCUT2D eigenvalue weighted by atomic mass is 35.5. The topological polar surface area (TPSA) is 26.0 Å². The lowest BCUT2D eigenvalue weighted by atomic mass is 9.99. The predicted molar refractivity (Wildman–Crippen MR) is 73.2 cm³/mol. The zero-order valence-electron chi connectivity index (χ0n) is 10.2. The fourth-order valence-corrected chi connectivity index (χ4v) is 2.20. The SMILES string of the molecule is Cc1ccc(CC(N)c2ccc(F)cc2Cl)cc1. The van der Waals surface area contributed by atoms with Crippen LogP contribution in [-0.4, -0.2) is 0 Å². The molecule has 3 heteroatoms. The number of rotatable bonds is 3. The highest BCUT2D eigenvalue weighted by Crippen LogP contribution is 2.25. The van der Waals surface area contributed by atoms with Crippen molar-refractivity contribution in [3.8, 4) is 0 Å². The summed E-state index contributed by atoms with van der Waals surface area (Å²) in [4.78, 5) is 0. The molecule has 1 unspecified atom stereocenters. The van der Waals surface area contributed by atoms with E-state index in [-0.39, 0.29) is 11.9 Å². The van der Waals surface area contributed by atoms with Gasteiger partial charge in [0.1, 0.15) is 5.82 Å². The summed E-state index contributed by atoms with van der Waals surface area (Å²) < 4.78 is 13.0. The maximum Gasteiger partial charge on any atom is 0.124 e. The molecular formula is C15H15ClFN. The average Bonchev–Trinajstić information content (AvgIpc) is 2.32. The predicted octanol–water partition coefficient (Wildman–Crippen LogP) is 4.03. The molecule has 2 rings (SSSR count). The van der Waals surface area contributed by atoms with Crippen LogP contribution in [0.1, 0.15) is 22.7 Å². The second-order valence-electron chi connectivity index (χ2n) is 4.46. The van der Waals surface area contributed by atoms with Gasteiger partial charge in [0.2, 0.25) is 0 Å². The molecule has 1 atom stereocenters. The van der Waals surface area contributed by atoms with Crippen LogP contribution in [0.5, 0.6) is 0 Å². The highest BCUT2D eigenvalue weighted by Gasteiger charge is 2.11. The Morgan fingerprint density at radius 3 is 2.44 bits per heavy atom. The molecule has 0 amide bonds. The van der Waals surface area contributed by atoms with Gasteiger partial charge < -0.3 is 5.73 Å². The van der Waals surface area contributed by atoms with E-state index in [0.717, 1.165) is 11.1 Å². The summed E-state index contributed by atoms with van der Waals surface area (Å²) in [7, 11) is 0. The Morgan fingerprint density at radius 2 is 1.83 bits per heavy atom. The molecule has 0 heterocycles. The Labute approximate surface area is 111 Å². The fourth-order valence-electron chi connectivity index (χ4n) is 1.89. The van der Waals surface area contributed by atoms with E-state index in [4.69, 9.17) is 17.3 Å². The van der Waals surface area contributed by atoms with Crippen LogP contribution in [0.3, 0.4) is 0 Å². The smallest absolute Gasteiger partial charge is 0.124 e. The second-order valence-corrected chi connectivity index (χ2v) is 4.87. The van der Waals surface area contributed by atoms with Crippen molar-refractivity contribution in [2.75, 3.05) is 0 Å².